The minimum absolute atomic E-state index is 0.553. The second-order valence-electron chi connectivity index (χ2n) is 3.80. The van der Waals surface area contributed by atoms with Crippen LogP contribution in [0.4, 0.5) is 11.4 Å². The van der Waals surface area contributed by atoms with Crippen molar-refractivity contribution < 1.29 is 5.11 Å². The van der Waals surface area contributed by atoms with Gasteiger partial charge in [0.15, 0.2) is 0 Å². The maximum Gasteiger partial charge on any atom is 0.0830 e. The fourth-order valence-electron chi connectivity index (χ4n) is 1.69. The topological polar surface area (TPSA) is 98.3 Å². The summed E-state index contributed by atoms with van der Waals surface area (Å²) in [6.45, 7) is 2.48. The van der Waals surface area contributed by atoms with Gasteiger partial charge in [-0.3, -0.25) is 0 Å². The van der Waals surface area contributed by atoms with Crippen LogP contribution < -0.4 is 17.2 Å². The summed E-state index contributed by atoms with van der Waals surface area (Å²) in [5.74, 6) is 0. The molecule has 84 valence electrons. The number of hydrogen-bond donors (Lipinski definition) is 4. The fourth-order valence-corrected chi connectivity index (χ4v) is 1.69. The van der Waals surface area contributed by atoms with Gasteiger partial charge in [-0.2, -0.15) is 0 Å². The lowest BCUT2D eigenvalue weighted by Crippen LogP contribution is -2.09. The standard InChI is InChI=1S/C11H19N3O/c1-7-5-8(13)11(9(14)6-7)10(15)3-2-4-12/h5-6,10,15H,2-4,12-14H2,1H3. The third-order valence-corrected chi connectivity index (χ3v) is 2.40. The number of benzene rings is 1. The minimum Gasteiger partial charge on any atom is -0.398 e. The summed E-state index contributed by atoms with van der Waals surface area (Å²) in [6.07, 6.45) is 0.733. The zero-order valence-corrected chi connectivity index (χ0v) is 9.03. The Morgan fingerprint density at radius 1 is 1.27 bits per heavy atom. The van der Waals surface area contributed by atoms with E-state index in [1.165, 1.54) is 0 Å². The van der Waals surface area contributed by atoms with Gasteiger partial charge in [0.1, 0.15) is 0 Å². The fraction of sp³-hybridized carbons (Fsp3) is 0.455. The Morgan fingerprint density at radius 3 is 2.27 bits per heavy atom. The van der Waals surface area contributed by atoms with Crippen LogP contribution in [0, 0.1) is 6.92 Å². The van der Waals surface area contributed by atoms with Gasteiger partial charge in [0.05, 0.1) is 6.10 Å². The van der Waals surface area contributed by atoms with E-state index in [0.717, 1.165) is 12.0 Å². The zero-order chi connectivity index (χ0) is 11.4. The summed E-state index contributed by atoms with van der Waals surface area (Å²) < 4.78 is 0. The molecule has 0 amide bonds. The van der Waals surface area contributed by atoms with Crippen LogP contribution in [-0.2, 0) is 0 Å². The Morgan fingerprint density at radius 2 is 1.80 bits per heavy atom. The highest BCUT2D eigenvalue weighted by atomic mass is 16.3. The Labute approximate surface area is 90.1 Å². The first-order valence-corrected chi connectivity index (χ1v) is 5.10. The molecule has 1 rings (SSSR count). The molecule has 0 saturated heterocycles. The molecule has 1 unspecified atom stereocenters. The predicted molar refractivity (Wildman–Crippen MR) is 63.3 cm³/mol. The normalized spacial score (nSPS) is 12.7. The van der Waals surface area contributed by atoms with E-state index < -0.39 is 6.10 Å². The summed E-state index contributed by atoms with van der Waals surface area (Å²) in [6, 6.07) is 3.63. The molecule has 0 heterocycles. The van der Waals surface area contributed by atoms with E-state index >= 15 is 0 Å². The third-order valence-electron chi connectivity index (χ3n) is 2.40. The SMILES string of the molecule is Cc1cc(N)c(C(O)CCCN)c(N)c1. The molecular formula is C11H19N3O. The monoisotopic (exact) mass is 209 g/mol. The number of anilines is 2. The van der Waals surface area contributed by atoms with E-state index in [-0.39, 0.29) is 0 Å². The number of nitrogen functional groups attached to an aromatic ring is 2. The van der Waals surface area contributed by atoms with Crippen molar-refractivity contribution in [3.8, 4) is 0 Å². The number of hydrogen-bond acceptors (Lipinski definition) is 4. The average molecular weight is 209 g/mol. The van der Waals surface area contributed by atoms with Crippen molar-refractivity contribution in [1.82, 2.24) is 0 Å². The first-order valence-electron chi connectivity index (χ1n) is 5.10. The van der Waals surface area contributed by atoms with Crippen molar-refractivity contribution in [3.05, 3.63) is 23.3 Å². The number of nitrogens with two attached hydrogens (primary N) is 3. The number of aryl methyl sites for hydroxylation is 1. The van der Waals surface area contributed by atoms with Gasteiger partial charge in [0.2, 0.25) is 0 Å². The third kappa shape index (κ3) is 2.84. The lowest BCUT2D eigenvalue weighted by Gasteiger charge is -2.16. The van der Waals surface area contributed by atoms with E-state index in [0.29, 0.717) is 29.9 Å². The van der Waals surface area contributed by atoms with Crippen LogP contribution in [0.3, 0.4) is 0 Å². The molecule has 15 heavy (non-hydrogen) atoms. The second kappa shape index (κ2) is 5.00. The molecule has 0 spiro atoms. The van der Waals surface area contributed by atoms with Crippen LogP contribution >= 0.6 is 0 Å². The van der Waals surface area contributed by atoms with Crippen LogP contribution in [0.25, 0.3) is 0 Å². The zero-order valence-electron chi connectivity index (χ0n) is 9.03. The van der Waals surface area contributed by atoms with Crippen molar-refractivity contribution in [3.63, 3.8) is 0 Å². The molecule has 4 heteroatoms. The van der Waals surface area contributed by atoms with Crippen molar-refractivity contribution in [2.24, 2.45) is 5.73 Å². The molecule has 1 atom stereocenters. The molecule has 1 aromatic carbocycles. The average Bonchev–Trinajstić information content (AvgIpc) is 2.12. The quantitative estimate of drug-likeness (QED) is 0.554. The van der Waals surface area contributed by atoms with Crippen molar-refractivity contribution in [2.45, 2.75) is 25.9 Å². The van der Waals surface area contributed by atoms with Crippen molar-refractivity contribution in [1.29, 1.82) is 0 Å². The van der Waals surface area contributed by atoms with Crippen LogP contribution in [-0.4, -0.2) is 11.7 Å². The Bertz CT molecular complexity index is 316. The van der Waals surface area contributed by atoms with Crippen molar-refractivity contribution in [2.75, 3.05) is 18.0 Å². The van der Waals surface area contributed by atoms with Crippen LogP contribution in [0.15, 0.2) is 12.1 Å². The molecule has 0 aliphatic heterocycles. The van der Waals surface area contributed by atoms with Gasteiger partial charge in [-0.05, 0) is 44.0 Å². The Balaban J connectivity index is 2.92. The summed E-state index contributed by atoms with van der Waals surface area (Å²) in [4.78, 5) is 0. The van der Waals surface area contributed by atoms with Crippen LogP contribution in [0.1, 0.15) is 30.1 Å². The number of aliphatic hydroxyl groups excluding tert-OH is 1. The van der Waals surface area contributed by atoms with E-state index in [1.807, 2.05) is 19.1 Å². The van der Waals surface area contributed by atoms with Crippen molar-refractivity contribution >= 4 is 11.4 Å². The molecule has 0 fully saturated rings. The molecular weight excluding hydrogens is 190 g/mol. The van der Waals surface area contributed by atoms with E-state index in [1.54, 1.807) is 0 Å². The molecule has 0 bridgehead atoms. The first-order chi connectivity index (χ1) is 7.06. The smallest absolute Gasteiger partial charge is 0.0830 e. The van der Waals surface area contributed by atoms with Gasteiger partial charge in [-0.25, -0.2) is 0 Å². The molecule has 0 aromatic heterocycles. The highest BCUT2D eigenvalue weighted by Gasteiger charge is 2.14. The molecule has 0 radical (unpaired) electrons. The summed E-state index contributed by atoms with van der Waals surface area (Å²) in [5, 5.41) is 9.89. The largest absolute Gasteiger partial charge is 0.398 e. The van der Waals surface area contributed by atoms with Crippen LogP contribution in [0.5, 0.6) is 0 Å². The molecule has 0 saturated carbocycles. The summed E-state index contributed by atoms with van der Waals surface area (Å²) >= 11 is 0. The number of aliphatic hydroxyl groups is 1. The van der Waals surface area contributed by atoms with Gasteiger partial charge in [-0.1, -0.05) is 0 Å². The lowest BCUT2D eigenvalue weighted by molar-refractivity contribution is 0.167. The highest BCUT2D eigenvalue weighted by Crippen LogP contribution is 2.30. The van der Waals surface area contributed by atoms with Gasteiger partial charge < -0.3 is 22.3 Å². The molecule has 0 aliphatic rings. The molecule has 7 N–H and O–H groups in total. The maximum absolute atomic E-state index is 9.89. The van der Waals surface area contributed by atoms with Crippen LogP contribution in [0.2, 0.25) is 0 Å². The number of rotatable bonds is 4. The van der Waals surface area contributed by atoms with Gasteiger partial charge in [0.25, 0.3) is 0 Å². The van der Waals surface area contributed by atoms with Gasteiger partial charge >= 0.3 is 0 Å². The lowest BCUT2D eigenvalue weighted by atomic mass is 9.99. The van der Waals surface area contributed by atoms with E-state index in [9.17, 15) is 5.11 Å². The predicted octanol–water partition coefficient (Wildman–Crippen LogP) is 0.932. The van der Waals surface area contributed by atoms with Gasteiger partial charge in [-0.15, -0.1) is 0 Å². The van der Waals surface area contributed by atoms with E-state index in [4.69, 9.17) is 17.2 Å². The maximum atomic E-state index is 9.89. The van der Waals surface area contributed by atoms with Gasteiger partial charge in [0, 0.05) is 16.9 Å². The Hall–Kier alpha value is -1.26. The van der Waals surface area contributed by atoms with E-state index in [2.05, 4.69) is 0 Å². The highest BCUT2D eigenvalue weighted by molar-refractivity contribution is 5.64. The molecule has 4 nitrogen and oxygen atoms in total. The molecule has 0 aliphatic carbocycles. The first kappa shape index (κ1) is 11.8. The summed E-state index contributed by atoms with van der Waals surface area (Å²) in [7, 11) is 0. The minimum atomic E-state index is -0.617. The molecule has 1 aromatic rings. The second-order valence-corrected chi connectivity index (χ2v) is 3.80. The Kier molecular flexibility index (Phi) is 3.94. The summed E-state index contributed by atoms with van der Waals surface area (Å²) in [5.41, 5.74) is 19.8.